The van der Waals surface area contributed by atoms with Crippen LogP contribution < -0.4 is 0 Å². The van der Waals surface area contributed by atoms with Crippen LogP contribution in [0.5, 0.6) is 5.75 Å². The van der Waals surface area contributed by atoms with Crippen molar-refractivity contribution in [3.05, 3.63) is 29.3 Å². The number of para-hydroxylation sites is 1. The smallest absolute Gasteiger partial charge is 0.439 e. The third kappa shape index (κ3) is 3.31. The molecule has 8 heteroatoms. The Labute approximate surface area is 168 Å². The van der Waals surface area contributed by atoms with Crippen molar-refractivity contribution in [3.8, 4) is 5.75 Å². The number of aromatic hydroxyl groups is 1. The van der Waals surface area contributed by atoms with Gasteiger partial charge in [0.15, 0.2) is 0 Å². The number of fused-ring (bicyclic) bond motifs is 1. The molecule has 0 aromatic heterocycles. The highest BCUT2D eigenvalue weighted by molar-refractivity contribution is 6.01. The summed E-state index contributed by atoms with van der Waals surface area (Å²) in [5, 5.41) is 25.2. The molecule has 1 amide bonds. The van der Waals surface area contributed by atoms with Gasteiger partial charge in [-0.2, -0.15) is 23.3 Å². The van der Waals surface area contributed by atoms with Crippen LogP contribution in [0.4, 0.5) is 13.2 Å². The maximum absolute atomic E-state index is 14.1. The van der Waals surface area contributed by atoms with E-state index in [4.69, 9.17) is 0 Å². The third-order valence-corrected chi connectivity index (χ3v) is 6.80. The zero-order valence-electron chi connectivity index (χ0n) is 17.0. The predicted octanol–water partition coefficient (Wildman–Crippen LogP) is 4.62. The summed E-state index contributed by atoms with van der Waals surface area (Å²) in [5.41, 5.74) is -3.41. The molecule has 1 aromatic carbocycles. The number of benzene rings is 1. The maximum atomic E-state index is 14.1. The molecule has 2 aliphatic rings. The van der Waals surface area contributed by atoms with Crippen molar-refractivity contribution in [1.82, 2.24) is 5.01 Å². The van der Waals surface area contributed by atoms with E-state index in [9.17, 15) is 28.2 Å². The number of carbonyl (C=O) groups excluding carboxylic acids is 1. The van der Waals surface area contributed by atoms with Gasteiger partial charge < -0.3 is 10.2 Å². The van der Waals surface area contributed by atoms with Crippen LogP contribution in [0.2, 0.25) is 0 Å². The van der Waals surface area contributed by atoms with E-state index < -0.39 is 29.5 Å². The zero-order chi connectivity index (χ0) is 21.8. The molecule has 5 nitrogen and oxygen atoms in total. The van der Waals surface area contributed by atoms with Crippen molar-refractivity contribution < 1.29 is 28.2 Å². The number of aliphatic hydroxyl groups is 1. The van der Waals surface area contributed by atoms with Crippen LogP contribution in [0, 0.1) is 24.2 Å². The molecule has 1 aliphatic heterocycles. The molecule has 1 aliphatic carbocycles. The number of phenols is 1. The largest absolute Gasteiger partial charge is 0.507 e. The number of nitrogens with zero attached hydrogens (tertiary/aromatic N) is 2. The first-order valence-electron chi connectivity index (χ1n) is 9.84. The van der Waals surface area contributed by atoms with Crippen molar-refractivity contribution in [3.63, 3.8) is 0 Å². The molecule has 1 aromatic rings. The van der Waals surface area contributed by atoms with Gasteiger partial charge in [-0.1, -0.05) is 39.3 Å². The Hall–Kier alpha value is -2.09. The SMILES string of the molecule is CCC(C)(C)[C@@H]1CCC2=NN(C(=O)c3cccc(C)c3O)[C@](O)(C(F)(F)F)[C@@H]2C1. The number of amides is 1. The molecule has 1 saturated carbocycles. The lowest BCUT2D eigenvalue weighted by molar-refractivity contribution is -0.314. The van der Waals surface area contributed by atoms with E-state index in [2.05, 4.69) is 5.10 Å². The molecule has 3 rings (SSSR count). The fourth-order valence-electron chi connectivity index (χ4n) is 4.37. The van der Waals surface area contributed by atoms with Gasteiger partial charge in [0.25, 0.3) is 11.6 Å². The summed E-state index contributed by atoms with van der Waals surface area (Å²) in [7, 11) is 0. The van der Waals surface area contributed by atoms with Gasteiger partial charge in [-0.25, -0.2) is 0 Å². The summed E-state index contributed by atoms with van der Waals surface area (Å²) in [6.45, 7) is 7.55. The second-order valence-corrected chi connectivity index (χ2v) is 8.77. The number of hydrogen-bond donors (Lipinski definition) is 2. The summed E-state index contributed by atoms with van der Waals surface area (Å²) >= 11 is 0. The van der Waals surface area contributed by atoms with E-state index >= 15 is 0 Å². The summed E-state index contributed by atoms with van der Waals surface area (Å²) in [6.07, 6.45) is -3.26. The van der Waals surface area contributed by atoms with Crippen LogP contribution in [-0.4, -0.2) is 38.7 Å². The Balaban J connectivity index is 2.04. The highest BCUT2D eigenvalue weighted by Gasteiger charge is 2.69. The van der Waals surface area contributed by atoms with E-state index in [0.717, 1.165) is 6.42 Å². The van der Waals surface area contributed by atoms with Crippen LogP contribution in [0.1, 0.15) is 62.4 Å². The molecule has 0 spiro atoms. The van der Waals surface area contributed by atoms with Crippen LogP contribution in [0.25, 0.3) is 0 Å². The standard InChI is InChI=1S/C21H27F3N2O3/c1-5-19(3,4)13-9-10-16-15(11-13)20(29,21(22,23)24)26(25-16)18(28)14-8-6-7-12(2)17(14)27/h6-8,13,15,27,29H,5,9-11H2,1-4H3/t13-,15-,20-/m1/s1. The summed E-state index contributed by atoms with van der Waals surface area (Å²) < 4.78 is 42.4. The Kier molecular flexibility index (Phi) is 5.22. The minimum Gasteiger partial charge on any atom is -0.507 e. The Morgan fingerprint density at radius 1 is 1.34 bits per heavy atom. The molecule has 1 heterocycles. The van der Waals surface area contributed by atoms with E-state index in [1.165, 1.54) is 25.1 Å². The second kappa shape index (κ2) is 7.00. The molecular formula is C21H27F3N2O3. The van der Waals surface area contributed by atoms with E-state index in [1.54, 1.807) is 0 Å². The number of aryl methyl sites for hydroxylation is 1. The first kappa shape index (κ1) is 21.6. The van der Waals surface area contributed by atoms with E-state index in [0.29, 0.717) is 18.4 Å². The quantitative estimate of drug-likeness (QED) is 0.761. The summed E-state index contributed by atoms with van der Waals surface area (Å²) in [5.74, 6) is -2.93. The first-order chi connectivity index (χ1) is 13.3. The Morgan fingerprint density at radius 2 is 2.00 bits per heavy atom. The predicted molar refractivity (Wildman–Crippen MR) is 102 cm³/mol. The topological polar surface area (TPSA) is 73.1 Å². The highest BCUT2D eigenvalue weighted by Crippen LogP contribution is 2.52. The normalized spacial score (nSPS) is 27.6. The molecule has 160 valence electrons. The number of hydrazone groups is 1. The van der Waals surface area contributed by atoms with Crippen molar-refractivity contribution in [1.29, 1.82) is 0 Å². The molecule has 29 heavy (non-hydrogen) atoms. The lowest BCUT2D eigenvalue weighted by Crippen LogP contribution is -2.62. The first-order valence-corrected chi connectivity index (χ1v) is 9.84. The van der Waals surface area contributed by atoms with Crippen LogP contribution in [-0.2, 0) is 0 Å². The molecule has 0 radical (unpaired) electrons. The minimum absolute atomic E-state index is 0.0345. The summed E-state index contributed by atoms with van der Waals surface area (Å²) in [4.78, 5) is 13.0. The molecule has 0 saturated heterocycles. The minimum atomic E-state index is -5.10. The maximum Gasteiger partial charge on any atom is 0.439 e. The van der Waals surface area contributed by atoms with Gasteiger partial charge in [0.05, 0.1) is 11.5 Å². The molecule has 2 N–H and O–H groups in total. The Bertz CT molecular complexity index is 850. The zero-order valence-corrected chi connectivity index (χ0v) is 17.0. The third-order valence-electron chi connectivity index (χ3n) is 6.80. The van der Waals surface area contributed by atoms with Crippen molar-refractivity contribution >= 4 is 11.6 Å². The average molecular weight is 412 g/mol. The lowest BCUT2D eigenvalue weighted by Gasteiger charge is -2.43. The van der Waals surface area contributed by atoms with Gasteiger partial charge in [-0.05, 0) is 49.1 Å². The average Bonchev–Trinajstić information content (AvgIpc) is 2.97. The van der Waals surface area contributed by atoms with Crippen LogP contribution in [0.15, 0.2) is 23.3 Å². The number of halogens is 3. The number of rotatable bonds is 3. The van der Waals surface area contributed by atoms with Gasteiger partial charge in [0.2, 0.25) is 0 Å². The van der Waals surface area contributed by atoms with Crippen molar-refractivity contribution in [2.75, 3.05) is 0 Å². The van der Waals surface area contributed by atoms with Crippen molar-refractivity contribution in [2.24, 2.45) is 22.4 Å². The van der Waals surface area contributed by atoms with Crippen LogP contribution in [0.3, 0.4) is 0 Å². The van der Waals surface area contributed by atoms with Gasteiger partial charge in [0, 0.05) is 5.71 Å². The molecular weight excluding hydrogens is 385 g/mol. The van der Waals surface area contributed by atoms with Crippen LogP contribution >= 0.6 is 0 Å². The molecule has 0 bridgehead atoms. The van der Waals surface area contributed by atoms with Gasteiger partial charge >= 0.3 is 6.18 Å². The number of phenolic OH excluding ortho intramolecular Hbond substituents is 1. The fraction of sp³-hybridized carbons (Fsp3) is 0.619. The van der Waals surface area contributed by atoms with Gasteiger partial charge in [-0.15, -0.1) is 0 Å². The number of hydrogen-bond acceptors (Lipinski definition) is 4. The Morgan fingerprint density at radius 3 is 2.59 bits per heavy atom. The van der Waals surface area contributed by atoms with Gasteiger partial charge in [0.1, 0.15) is 5.75 Å². The number of carbonyl (C=O) groups is 1. The number of alkyl halides is 3. The molecule has 3 atom stereocenters. The summed E-state index contributed by atoms with van der Waals surface area (Å²) in [6, 6.07) is 4.23. The van der Waals surface area contributed by atoms with E-state index in [1.807, 2.05) is 20.8 Å². The lowest BCUT2D eigenvalue weighted by atomic mass is 9.64. The molecule has 1 fully saturated rings. The second-order valence-electron chi connectivity index (χ2n) is 8.77. The molecule has 0 unspecified atom stereocenters. The van der Waals surface area contributed by atoms with Crippen molar-refractivity contribution in [2.45, 2.75) is 65.3 Å². The highest BCUT2D eigenvalue weighted by atomic mass is 19.4. The monoisotopic (exact) mass is 412 g/mol. The fourth-order valence-corrected chi connectivity index (χ4v) is 4.37. The van der Waals surface area contributed by atoms with E-state index in [-0.39, 0.29) is 34.0 Å². The van der Waals surface area contributed by atoms with Gasteiger partial charge in [-0.3, -0.25) is 4.79 Å².